The van der Waals surface area contributed by atoms with Crippen molar-refractivity contribution >= 4 is 23.9 Å². The van der Waals surface area contributed by atoms with Gasteiger partial charge in [-0.1, -0.05) is 48.5 Å². The van der Waals surface area contributed by atoms with Gasteiger partial charge >= 0.3 is 11.9 Å². The van der Waals surface area contributed by atoms with E-state index in [1.165, 1.54) is 0 Å². The Morgan fingerprint density at radius 1 is 0.857 bits per heavy atom. The van der Waals surface area contributed by atoms with Crippen LogP contribution in [0.4, 0.5) is 0 Å². The van der Waals surface area contributed by atoms with E-state index in [0.29, 0.717) is 11.3 Å². The molecule has 3 aromatic carbocycles. The molecule has 0 aromatic heterocycles. The topological polar surface area (TPSA) is 65.0 Å². The second kappa shape index (κ2) is 7.72. The third-order valence-electron chi connectivity index (χ3n) is 4.04. The van der Waals surface area contributed by atoms with Crippen LogP contribution in [0.2, 0.25) is 0 Å². The number of esters is 2. The zero-order valence-corrected chi connectivity index (χ0v) is 14.7. The van der Waals surface area contributed by atoms with Gasteiger partial charge in [0, 0.05) is 5.56 Å². The molecule has 0 saturated carbocycles. The molecule has 0 amide bonds. The van der Waals surface area contributed by atoms with Crippen molar-refractivity contribution in [2.24, 2.45) is 4.99 Å². The van der Waals surface area contributed by atoms with E-state index in [1.54, 1.807) is 54.6 Å². The lowest BCUT2D eigenvalue weighted by Gasteiger charge is -2.04. The number of aliphatic imine (C=N–C) groups is 1. The van der Waals surface area contributed by atoms with Crippen LogP contribution < -0.4 is 4.74 Å². The van der Waals surface area contributed by atoms with Crippen LogP contribution in [0.5, 0.6) is 5.75 Å². The van der Waals surface area contributed by atoms with Crippen molar-refractivity contribution in [3.63, 3.8) is 0 Å². The van der Waals surface area contributed by atoms with Crippen LogP contribution in [-0.2, 0) is 9.53 Å². The Bertz CT molecular complexity index is 1070. The molecule has 0 N–H and O–H groups in total. The first-order valence-corrected chi connectivity index (χ1v) is 8.64. The predicted octanol–water partition coefficient (Wildman–Crippen LogP) is 4.25. The SMILES string of the molecule is O=C1OC(c2ccccc2)=NC1=Cc1ccc(OC(=O)c2ccccc2)cc1. The Labute approximate surface area is 161 Å². The molecule has 5 nitrogen and oxygen atoms in total. The van der Waals surface area contributed by atoms with Crippen LogP contribution in [0.3, 0.4) is 0 Å². The van der Waals surface area contributed by atoms with Crippen molar-refractivity contribution in [2.75, 3.05) is 0 Å². The summed E-state index contributed by atoms with van der Waals surface area (Å²) in [6, 6.07) is 24.8. The molecule has 0 saturated heterocycles. The van der Waals surface area contributed by atoms with E-state index in [-0.39, 0.29) is 11.6 Å². The number of benzene rings is 3. The number of nitrogens with zero attached hydrogens (tertiary/aromatic N) is 1. The first-order chi connectivity index (χ1) is 13.7. The molecule has 0 radical (unpaired) electrons. The van der Waals surface area contributed by atoms with Crippen molar-refractivity contribution in [3.8, 4) is 5.75 Å². The lowest BCUT2D eigenvalue weighted by molar-refractivity contribution is -0.129. The second-order valence-corrected chi connectivity index (χ2v) is 6.03. The van der Waals surface area contributed by atoms with E-state index >= 15 is 0 Å². The van der Waals surface area contributed by atoms with Crippen LogP contribution in [0, 0.1) is 0 Å². The monoisotopic (exact) mass is 369 g/mol. The molecule has 3 aromatic rings. The minimum Gasteiger partial charge on any atom is -0.423 e. The van der Waals surface area contributed by atoms with Crippen LogP contribution in [0.1, 0.15) is 21.5 Å². The molecule has 136 valence electrons. The average Bonchev–Trinajstić information content (AvgIpc) is 3.11. The number of ether oxygens (including phenoxy) is 2. The Morgan fingerprint density at radius 2 is 1.50 bits per heavy atom. The summed E-state index contributed by atoms with van der Waals surface area (Å²) in [5.74, 6) is -0.231. The first-order valence-electron chi connectivity index (χ1n) is 8.64. The third kappa shape index (κ3) is 3.88. The number of carbonyl (C=O) groups excluding carboxylic acids is 2. The van der Waals surface area contributed by atoms with Gasteiger partial charge in [-0.05, 0) is 48.0 Å². The van der Waals surface area contributed by atoms with Crippen molar-refractivity contribution < 1.29 is 19.1 Å². The van der Waals surface area contributed by atoms with E-state index in [2.05, 4.69) is 4.99 Å². The van der Waals surface area contributed by atoms with Gasteiger partial charge in [0.05, 0.1) is 5.56 Å². The van der Waals surface area contributed by atoms with Crippen LogP contribution in [0.25, 0.3) is 6.08 Å². The maximum Gasteiger partial charge on any atom is 0.363 e. The largest absolute Gasteiger partial charge is 0.423 e. The number of cyclic esters (lactones) is 1. The first kappa shape index (κ1) is 17.4. The summed E-state index contributed by atoms with van der Waals surface area (Å²) in [5.41, 5.74) is 2.17. The van der Waals surface area contributed by atoms with Gasteiger partial charge in [0.25, 0.3) is 0 Å². The number of carbonyl (C=O) groups is 2. The molecule has 0 atom stereocenters. The van der Waals surface area contributed by atoms with Gasteiger partial charge in [-0.25, -0.2) is 14.6 Å². The van der Waals surface area contributed by atoms with Gasteiger partial charge in [-0.15, -0.1) is 0 Å². The Balaban J connectivity index is 1.49. The summed E-state index contributed by atoms with van der Waals surface area (Å²) < 4.78 is 10.6. The summed E-state index contributed by atoms with van der Waals surface area (Å²) in [4.78, 5) is 28.4. The van der Waals surface area contributed by atoms with Crippen LogP contribution >= 0.6 is 0 Å². The van der Waals surface area contributed by atoms with E-state index in [1.807, 2.05) is 36.4 Å². The molecule has 1 heterocycles. The molecule has 5 heteroatoms. The lowest BCUT2D eigenvalue weighted by atomic mass is 10.2. The minimum atomic E-state index is -0.501. The highest BCUT2D eigenvalue weighted by Gasteiger charge is 2.23. The Morgan fingerprint density at radius 3 is 2.18 bits per heavy atom. The van der Waals surface area contributed by atoms with Crippen LogP contribution in [-0.4, -0.2) is 17.8 Å². The molecule has 4 rings (SSSR count). The molecule has 0 spiro atoms. The summed E-state index contributed by atoms with van der Waals surface area (Å²) in [6.07, 6.45) is 1.63. The molecular formula is C23H15NO4. The van der Waals surface area contributed by atoms with Crippen molar-refractivity contribution in [2.45, 2.75) is 0 Å². The van der Waals surface area contributed by atoms with Gasteiger partial charge in [-0.3, -0.25) is 0 Å². The highest BCUT2D eigenvalue weighted by atomic mass is 16.6. The zero-order chi connectivity index (χ0) is 19.3. The third-order valence-corrected chi connectivity index (χ3v) is 4.04. The quantitative estimate of drug-likeness (QED) is 0.392. The van der Waals surface area contributed by atoms with E-state index in [9.17, 15) is 9.59 Å². The summed E-state index contributed by atoms with van der Waals surface area (Å²) in [5, 5.41) is 0. The number of rotatable bonds is 4. The normalized spacial score (nSPS) is 14.5. The highest BCUT2D eigenvalue weighted by Crippen LogP contribution is 2.21. The molecule has 28 heavy (non-hydrogen) atoms. The molecular weight excluding hydrogens is 354 g/mol. The van der Waals surface area contributed by atoms with Gasteiger partial charge in [0.2, 0.25) is 5.90 Å². The van der Waals surface area contributed by atoms with Crippen LogP contribution in [0.15, 0.2) is 95.6 Å². The van der Waals surface area contributed by atoms with Gasteiger partial charge in [0.1, 0.15) is 5.75 Å². The van der Waals surface area contributed by atoms with E-state index < -0.39 is 11.9 Å². The Hall–Kier alpha value is -3.99. The summed E-state index contributed by atoms with van der Waals surface area (Å²) in [6.45, 7) is 0. The Kier molecular flexibility index (Phi) is 4.80. The molecule has 0 fully saturated rings. The fraction of sp³-hybridized carbons (Fsp3) is 0. The fourth-order valence-electron chi connectivity index (χ4n) is 2.64. The van der Waals surface area contributed by atoms with Crippen molar-refractivity contribution in [1.82, 2.24) is 0 Å². The fourth-order valence-corrected chi connectivity index (χ4v) is 2.64. The molecule has 0 unspecified atom stereocenters. The van der Waals surface area contributed by atoms with Crippen molar-refractivity contribution in [3.05, 3.63) is 107 Å². The minimum absolute atomic E-state index is 0.216. The van der Waals surface area contributed by atoms with Gasteiger partial charge in [-0.2, -0.15) is 0 Å². The smallest absolute Gasteiger partial charge is 0.363 e. The predicted molar refractivity (Wildman–Crippen MR) is 105 cm³/mol. The zero-order valence-electron chi connectivity index (χ0n) is 14.7. The van der Waals surface area contributed by atoms with E-state index in [0.717, 1.165) is 11.1 Å². The standard InChI is InChI=1S/C23H15NO4/c25-22(18-9-5-2-6-10-18)27-19-13-11-16(12-14-19)15-20-23(26)28-21(24-20)17-7-3-1-4-8-17/h1-15H. The van der Waals surface area contributed by atoms with Gasteiger partial charge < -0.3 is 9.47 Å². The molecule has 1 aliphatic heterocycles. The molecule has 0 bridgehead atoms. The summed E-state index contributed by atoms with van der Waals surface area (Å²) >= 11 is 0. The average molecular weight is 369 g/mol. The maximum atomic E-state index is 12.1. The van der Waals surface area contributed by atoms with E-state index in [4.69, 9.17) is 9.47 Å². The lowest BCUT2D eigenvalue weighted by Crippen LogP contribution is -2.07. The number of hydrogen-bond donors (Lipinski definition) is 0. The molecule has 0 aliphatic carbocycles. The highest BCUT2D eigenvalue weighted by molar-refractivity contribution is 6.12. The van der Waals surface area contributed by atoms with Crippen molar-refractivity contribution in [1.29, 1.82) is 0 Å². The molecule has 1 aliphatic rings. The summed E-state index contributed by atoms with van der Waals surface area (Å²) in [7, 11) is 0. The maximum absolute atomic E-state index is 12.1. The van der Waals surface area contributed by atoms with Gasteiger partial charge in [0.15, 0.2) is 5.70 Å². The number of hydrogen-bond acceptors (Lipinski definition) is 5. The second-order valence-electron chi connectivity index (χ2n) is 6.03.